The van der Waals surface area contributed by atoms with E-state index >= 15 is 0 Å². The van der Waals surface area contributed by atoms with Crippen LogP contribution in [0.5, 0.6) is 0 Å². The molecule has 3 aromatic carbocycles. The molecule has 0 aliphatic carbocycles. The molecule has 0 bridgehead atoms. The first-order valence-corrected chi connectivity index (χ1v) is 11.4. The van der Waals surface area contributed by atoms with E-state index in [4.69, 9.17) is 0 Å². The Bertz CT molecular complexity index is 907. The van der Waals surface area contributed by atoms with Crippen LogP contribution in [0.15, 0.2) is 126 Å². The Hall–Kier alpha value is -3.06. The van der Waals surface area contributed by atoms with Gasteiger partial charge in [0.25, 0.3) is 0 Å². The molecule has 0 unspecified atom stereocenters. The van der Waals surface area contributed by atoms with Crippen molar-refractivity contribution >= 4 is 48.8 Å². The highest BCUT2D eigenvalue weighted by molar-refractivity contribution is 7.79. The molecule has 164 valence electrons. The maximum Gasteiger partial charge on any atom is 0.145 e. The average molecular weight is 463 g/mol. The standard InChI is InChI=1S/C18H15P.C10H12O2.ClH/c1-4-10-16(11-5-1)19(17-12-6-2-7-13-17)18-14-8-3-9-15-18;1-9(7-11)5-3-4-6-10(2)8-12;/h1-15H;3-8H,1-2H3;1H/b;4-3+,9-5+,10-6+;. The lowest BCUT2D eigenvalue weighted by Gasteiger charge is -2.18. The van der Waals surface area contributed by atoms with Gasteiger partial charge in [-0.15, -0.1) is 12.4 Å². The largest absolute Gasteiger partial charge is 0.298 e. The molecule has 3 aromatic rings. The van der Waals surface area contributed by atoms with Crippen LogP contribution in [-0.2, 0) is 9.59 Å². The SMILES string of the molecule is C\C(C=O)=C/C=C/C=C(\C)C=O.Cl.c1ccc(P(c2ccccc2)c2ccccc2)cc1. The summed E-state index contributed by atoms with van der Waals surface area (Å²) >= 11 is 0. The second kappa shape index (κ2) is 15.7. The van der Waals surface area contributed by atoms with E-state index < -0.39 is 7.92 Å². The fourth-order valence-corrected chi connectivity index (χ4v) is 4.98. The predicted octanol–water partition coefficient (Wildman–Crippen LogP) is 5.70. The first-order valence-electron chi connectivity index (χ1n) is 10.0. The summed E-state index contributed by atoms with van der Waals surface area (Å²) in [6, 6.07) is 32.3. The highest BCUT2D eigenvalue weighted by Crippen LogP contribution is 2.32. The minimum Gasteiger partial charge on any atom is -0.298 e. The molecule has 0 atom stereocenters. The van der Waals surface area contributed by atoms with Crippen molar-refractivity contribution in [3.8, 4) is 0 Å². The molecule has 0 heterocycles. The number of hydrogen-bond acceptors (Lipinski definition) is 2. The number of benzene rings is 3. The van der Waals surface area contributed by atoms with Crippen LogP contribution in [0.4, 0.5) is 0 Å². The summed E-state index contributed by atoms with van der Waals surface area (Å²) < 4.78 is 0. The summed E-state index contributed by atoms with van der Waals surface area (Å²) in [5, 5.41) is 4.19. The number of halogens is 1. The lowest BCUT2D eigenvalue weighted by Crippen LogP contribution is -2.20. The molecule has 4 heteroatoms. The van der Waals surface area contributed by atoms with Gasteiger partial charge < -0.3 is 0 Å². The smallest absolute Gasteiger partial charge is 0.145 e. The minimum absolute atomic E-state index is 0. The van der Waals surface area contributed by atoms with Gasteiger partial charge in [0.15, 0.2) is 0 Å². The van der Waals surface area contributed by atoms with Crippen LogP contribution in [0.1, 0.15) is 13.8 Å². The molecule has 0 aliphatic rings. The van der Waals surface area contributed by atoms with E-state index in [0.717, 1.165) is 12.6 Å². The molecule has 0 aliphatic heterocycles. The Morgan fingerprint density at radius 1 is 0.562 bits per heavy atom. The summed E-state index contributed by atoms with van der Waals surface area (Å²) in [7, 11) is -0.446. The Morgan fingerprint density at radius 3 is 1.09 bits per heavy atom. The lowest BCUT2D eigenvalue weighted by molar-refractivity contribution is -0.105. The molecule has 0 saturated heterocycles. The first kappa shape index (κ1) is 27.0. The van der Waals surface area contributed by atoms with Gasteiger partial charge in [0.2, 0.25) is 0 Å². The number of carbonyl (C=O) groups excluding carboxylic acids is 2. The molecule has 0 fully saturated rings. The molecule has 0 aromatic heterocycles. The maximum absolute atomic E-state index is 10.1. The summed E-state index contributed by atoms with van der Waals surface area (Å²) in [4.78, 5) is 20.2. The van der Waals surface area contributed by atoms with Crippen LogP contribution >= 0.6 is 20.3 Å². The molecule has 0 radical (unpaired) electrons. The zero-order valence-corrected chi connectivity index (χ0v) is 20.0. The quantitative estimate of drug-likeness (QED) is 0.195. The van der Waals surface area contributed by atoms with Crippen molar-refractivity contribution in [1.29, 1.82) is 0 Å². The summed E-state index contributed by atoms with van der Waals surface area (Å²) in [6.45, 7) is 3.43. The van der Waals surface area contributed by atoms with Gasteiger partial charge in [-0.2, -0.15) is 0 Å². The Morgan fingerprint density at radius 2 is 0.844 bits per heavy atom. The monoisotopic (exact) mass is 462 g/mol. The third kappa shape index (κ3) is 9.39. The van der Waals surface area contributed by atoms with E-state index in [1.54, 1.807) is 38.2 Å². The molecule has 0 saturated carbocycles. The van der Waals surface area contributed by atoms with Gasteiger partial charge in [-0.1, -0.05) is 115 Å². The number of allylic oxidation sites excluding steroid dienone is 6. The highest BCUT2D eigenvalue weighted by Gasteiger charge is 2.14. The number of rotatable bonds is 7. The average Bonchev–Trinajstić information content (AvgIpc) is 2.84. The van der Waals surface area contributed by atoms with Crippen LogP contribution in [0.2, 0.25) is 0 Å². The van der Waals surface area contributed by atoms with Crippen molar-refractivity contribution in [2.45, 2.75) is 13.8 Å². The minimum atomic E-state index is -0.446. The van der Waals surface area contributed by atoms with E-state index in [-0.39, 0.29) is 12.4 Å². The zero-order chi connectivity index (χ0) is 22.3. The summed E-state index contributed by atoms with van der Waals surface area (Å²) in [5.41, 5.74) is 1.31. The van der Waals surface area contributed by atoms with Crippen molar-refractivity contribution in [1.82, 2.24) is 0 Å². The van der Waals surface area contributed by atoms with Crippen LogP contribution in [0.25, 0.3) is 0 Å². The number of carbonyl (C=O) groups is 2. The van der Waals surface area contributed by atoms with Gasteiger partial charge in [-0.3, -0.25) is 9.59 Å². The van der Waals surface area contributed by atoms with Crippen molar-refractivity contribution in [3.05, 3.63) is 126 Å². The molecule has 2 nitrogen and oxygen atoms in total. The Labute approximate surface area is 198 Å². The number of hydrogen-bond donors (Lipinski definition) is 0. The van der Waals surface area contributed by atoms with E-state index in [9.17, 15) is 9.59 Å². The van der Waals surface area contributed by atoms with E-state index in [1.807, 2.05) is 0 Å². The van der Waals surface area contributed by atoms with Crippen molar-refractivity contribution in [2.24, 2.45) is 0 Å². The van der Waals surface area contributed by atoms with Crippen molar-refractivity contribution in [3.63, 3.8) is 0 Å². The van der Waals surface area contributed by atoms with Gasteiger partial charge >= 0.3 is 0 Å². The fourth-order valence-electron chi connectivity index (χ4n) is 2.67. The zero-order valence-electron chi connectivity index (χ0n) is 18.3. The highest BCUT2D eigenvalue weighted by atomic mass is 35.5. The van der Waals surface area contributed by atoms with E-state index in [1.165, 1.54) is 15.9 Å². The van der Waals surface area contributed by atoms with Crippen LogP contribution in [-0.4, -0.2) is 12.6 Å². The maximum atomic E-state index is 10.1. The lowest BCUT2D eigenvalue weighted by atomic mass is 10.2. The summed E-state index contributed by atoms with van der Waals surface area (Å²) in [6.07, 6.45) is 8.36. The third-order valence-corrected chi connectivity index (χ3v) is 6.69. The Balaban J connectivity index is 0.000000346. The van der Waals surface area contributed by atoms with E-state index in [0.29, 0.717) is 11.1 Å². The second-order valence-corrected chi connectivity index (χ2v) is 9.00. The van der Waals surface area contributed by atoms with Gasteiger partial charge in [0.05, 0.1) is 0 Å². The second-order valence-electron chi connectivity index (χ2n) is 6.78. The van der Waals surface area contributed by atoms with Crippen LogP contribution in [0, 0.1) is 0 Å². The van der Waals surface area contributed by atoms with Gasteiger partial charge in [0, 0.05) is 0 Å². The Kier molecular flexibility index (Phi) is 13.2. The van der Waals surface area contributed by atoms with Gasteiger partial charge in [0.1, 0.15) is 12.6 Å². The van der Waals surface area contributed by atoms with Crippen LogP contribution < -0.4 is 15.9 Å². The molecule has 0 N–H and O–H groups in total. The molecular formula is C28H28ClO2P. The summed E-state index contributed by atoms with van der Waals surface area (Å²) in [5.74, 6) is 0. The fraction of sp³-hybridized carbons (Fsp3) is 0.0714. The third-order valence-electron chi connectivity index (χ3n) is 4.24. The van der Waals surface area contributed by atoms with Gasteiger partial charge in [-0.05, 0) is 48.8 Å². The van der Waals surface area contributed by atoms with Crippen molar-refractivity contribution < 1.29 is 9.59 Å². The van der Waals surface area contributed by atoms with Crippen molar-refractivity contribution in [2.75, 3.05) is 0 Å². The number of aldehydes is 2. The normalized spacial score (nSPS) is 11.3. The molecule has 0 spiro atoms. The predicted molar refractivity (Wildman–Crippen MR) is 141 cm³/mol. The van der Waals surface area contributed by atoms with Crippen LogP contribution in [0.3, 0.4) is 0 Å². The topological polar surface area (TPSA) is 34.1 Å². The molecular weight excluding hydrogens is 435 g/mol. The molecule has 0 amide bonds. The van der Waals surface area contributed by atoms with E-state index in [2.05, 4.69) is 91.0 Å². The molecule has 32 heavy (non-hydrogen) atoms. The molecule has 3 rings (SSSR count). The first-order chi connectivity index (χ1) is 15.2. The van der Waals surface area contributed by atoms with Gasteiger partial charge in [-0.25, -0.2) is 0 Å².